The molecule has 2 unspecified atom stereocenters. The van der Waals surface area contributed by atoms with Gasteiger partial charge < -0.3 is 10.5 Å². The van der Waals surface area contributed by atoms with Crippen LogP contribution in [0.2, 0.25) is 0 Å². The zero-order valence-electron chi connectivity index (χ0n) is 13.8. The van der Waals surface area contributed by atoms with Gasteiger partial charge in [0.2, 0.25) is 0 Å². The third kappa shape index (κ3) is 4.59. The molecule has 2 nitrogen and oxygen atoms in total. The number of nitrogens with two attached hydrogens (primary N) is 1. The van der Waals surface area contributed by atoms with Gasteiger partial charge in [-0.15, -0.1) is 11.3 Å². The SMILES string of the molecule is CCCC(N)C(CC)COc1ccc(-c2ccc(C)s2)cc1. The Morgan fingerprint density at radius 2 is 1.82 bits per heavy atom. The van der Waals surface area contributed by atoms with Gasteiger partial charge in [0.1, 0.15) is 5.75 Å². The molecule has 1 heterocycles. The molecule has 0 saturated heterocycles. The molecule has 0 aliphatic heterocycles. The van der Waals surface area contributed by atoms with E-state index in [2.05, 4.69) is 57.2 Å². The van der Waals surface area contributed by atoms with Gasteiger partial charge in [0.25, 0.3) is 0 Å². The second-order valence-corrected chi connectivity index (χ2v) is 7.15. The van der Waals surface area contributed by atoms with E-state index in [1.54, 1.807) is 0 Å². The van der Waals surface area contributed by atoms with Crippen LogP contribution >= 0.6 is 11.3 Å². The largest absolute Gasteiger partial charge is 0.493 e. The van der Waals surface area contributed by atoms with Crippen molar-refractivity contribution in [2.45, 2.75) is 46.1 Å². The Hall–Kier alpha value is -1.32. The normalized spacial score (nSPS) is 13.8. The molecule has 0 amide bonds. The molecule has 22 heavy (non-hydrogen) atoms. The smallest absolute Gasteiger partial charge is 0.119 e. The molecule has 2 N–H and O–H groups in total. The Bertz CT molecular complexity index is 561. The average molecular weight is 317 g/mol. The Morgan fingerprint density at radius 3 is 2.36 bits per heavy atom. The summed E-state index contributed by atoms with van der Waals surface area (Å²) < 4.78 is 5.95. The summed E-state index contributed by atoms with van der Waals surface area (Å²) in [6.45, 7) is 7.20. The van der Waals surface area contributed by atoms with Crippen molar-refractivity contribution in [1.29, 1.82) is 0 Å². The summed E-state index contributed by atoms with van der Waals surface area (Å²) in [4.78, 5) is 2.64. The number of rotatable bonds is 8. The van der Waals surface area contributed by atoms with Crippen LogP contribution in [0.5, 0.6) is 5.75 Å². The molecule has 0 bridgehead atoms. The topological polar surface area (TPSA) is 35.2 Å². The van der Waals surface area contributed by atoms with Crippen LogP contribution in [-0.4, -0.2) is 12.6 Å². The molecule has 0 aliphatic carbocycles. The summed E-state index contributed by atoms with van der Waals surface area (Å²) in [6.07, 6.45) is 3.26. The summed E-state index contributed by atoms with van der Waals surface area (Å²) in [5.74, 6) is 1.36. The first-order valence-electron chi connectivity index (χ1n) is 8.19. The van der Waals surface area contributed by atoms with Crippen molar-refractivity contribution < 1.29 is 4.74 Å². The van der Waals surface area contributed by atoms with E-state index >= 15 is 0 Å². The molecular weight excluding hydrogens is 290 g/mol. The number of thiophene rings is 1. The summed E-state index contributed by atoms with van der Waals surface area (Å²) in [6, 6.07) is 13.0. The molecule has 3 heteroatoms. The molecule has 0 fully saturated rings. The van der Waals surface area contributed by atoms with E-state index in [-0.39, 0.29) is 6.04 Å². The van der Waals surface area contributed by atoms with Gasteiger partial charge in [-0.05, 0) is 61.7 Å². The molecule has 0 aliphatic rings. The van der Waals surface area contributed by atoms with E-state index in [9.17, 15) is 0 Å². The third-order valence-electron chi connectivity index (χ3n) is 4.10. The maximum absolute atomic E-state index is 6.23. The van der Waals surface area contributed by atoms with Gasteiger partial charge >= 0.3 is 0 Å². The number of benzene rings is 1. The first kappa shape index (κ1) is 17.0. The van der Waals surface area contributed by atoms with Crippen molar-refractivity contribution in [3.8, 4) is 16.2 Å². The minimum Gasteiger partial charge on any atom is -0.493 e. The van der Waals surface area contributed by atoms with Gasteiger partial charge in [0, 0.05) is 21.7 Å². The monoisotopic (exact) mass is 317 g/mol. The predicted molar refractivity (Wildman–Crippen MR) is 96.7 cm³/mol. The predicted octanol–water partition coefficient (Wildman–Crippen LogP) is 5.26. The van der Waals surface area contributed by atoms with Crippen molar-refractivity contribution in [3.05, 3.63) is 41.3 Å². The van der Waals surface area contributed by atoms with Crippen LogP contribution in [0.3, 0.4) is 0 Å². The fourth-order valence-electron chi connectivity index (χ4n) is 2.62. The number of hydrogen-bond donors (Lipinski definition) is 1. The van der Waals surface area contributed by atoms with E-state index in [0.29, 0.717) is 12.5 Å². The highest BCUT2D eigenvalue weighted by molar-refractivity contribution is 7.15. The van der Waals surface area contributed by atoms with E-state index in [1.165, 1.54) is 15.3 Å². The van der Waals surface area contributed by atoms with E-state index < -0.39 is 0 Å². The van der Waals surface area contributed by atoms with Crippen LogP contribution in [0.1, 0.15) is 38.0 Å². The Kier molecular flexibility index (Phi) is 6.47. The molecule has 2 atom stereocenters. The van der Waals surface area contributed by atoms with Gasteiger partial charge in [0.15, 0.2) is 0 Å². The van der Waals surface area contributed by atoms with Gasteiger partial charge in [-0.25, -0.2) is 0 Å². The molecule has 120 valence electrons. The fourth-order valence-corrected chi connectivity index (χ4v) is 3.49. The molecule has 2 rings (SSSR count). The fraction of sp³-hybridized carbons (Fsp3) is 0.474. The maximum Gasteiger partial charge on any atom is 0.119 e. The number of aryl methyl sites for hydroxylation is 1. The van der Waals surface area contributed by atoms with Gasteiger partial charge in [-0.1, -0.05) is 20.3 Å². The highest BCUT2D eigenvalue weighted by Crippen LogP contribution is 2.29. The lowest BCUT2D eigenvalue weighted by atomic mass is 9.95. The third-order valence-corrected chi connectivity index (χ3v) is 5.14. The highest BCUT2D eigenvalue weighted by Gasteiger charge is 2.16. The molecule has 0 radical (unpaired) electrons. The van der Waals surface area contributed by atoms with Crippen molar-refractivity contribution >= 4 is 11.3 Å². The zero-order chi connectivity index (χ0) is 15.9. The standard InChI is InChI=1S/C19H27NOS/c1-4-6-18(20)15(5-2)13-21-17-10-8-16(9-11-17)19-12-7-14(3)22-19/h7-12,15,18H,4-6,13,20H2,1-3H3. The Labute approximate surface area is 138 Å². The van der Waals surface area contributed by atoms with Crippen molar-refractivity contribution in [1.82, 2.24) is 0 Å². The van der Waals surface area contributed by atoms with Gasteiger partial charge in [0.05, 0.1) is 6.61 Å². The number of hydrogen-bond acceptors (Lipinski definition) is 3. The van der Waals surface area contributed by atoms with Gasteiger partial charge in [-0.2, -0.15) is 0 Å². The maximum atomic E-state index is 6.23. The molecule has 0 saturated carbocycles. The first-order valence-corrected chi connectivity index (χ1v) is 9.01. The summed E-state index contributed by atoms with van der Waals surface area (Å²) in [7, 11) is 0. The summed E-state index contributed by atoms with van der Waals surface area (Å²) >= 11 is 1.82. The lowest BCUT2D eigenvalue weighted by molar-refractivity contribution is 0.215. The summed E-state index contributed by atoms with van der Waals surface area (Å²) in [5, 5.41) is 0. The highest BCUT2D eigenvalue weighted by atomic mass is 32.1. The van der Waals surface area contributed by atoms with Crippen LogP contribution in [0, 0.1) is 12.8 Å². The Morgan fingerprint density at radius 1 is 1.09 bits per heavy atom. The zero-order valence-corrected chi connectivity index (χ0v) is 14.7. The lowest BCUT2D eigenvalue weighted by Crippen LogP contribution is -2.33. The number of ether oxygens (including phenoxy) is 1. The quantitative estimate of drug-likeness (QED) is 0.721. The molecule has 1 aromatic heterocycles. The van der Waals surface area contributed by atoms with Crippen LogP contribution in [0.15, 0.2) is 36.4 Å². The molecular formula is C19H27NOS. The summed E-state index contributed by atoms with van der Waals surface area (Å²) in [5.41, 5.74) is 7.48. The molecule has 0 spiro atoms. The Balaban J connectivity index is 1.93. The van der Waals surface area contributed by atoms with Gasteiger partial charge in [-0.3, -0.25) is 0 Å². The second kappa shape index (κ2) is 8.35. The lowest BCUT2D eigenvalue weighted by Gasteiger charge is -2.22. The van der Waals surface area contributed by atoms with Crippen LogP contribution in [-0.2, 0) is 0 Å². The molecule has 2 aromatic rings. The molecule has 1 aromatic carbocycles. The second-order valence-electron chi connectivity index (χ2n) is 5.87. The van der Waals surface area contributed by atoms with E-state index in [1.807, 2.05) is 11.3 Å². The average Bonchev–Trinajstić information content (AvgIpc) is 2.95. The minimum atomic E-state index is 0.239. The van der Waals surface area contributed by atoms with E-state index in [0.717, 1.165) is 25.0 Å². The van der Waals surface area contributed by atoms with Crippen LogP contribution in [0.4, 0.5) is 0 Å². The van der Waals surface area contributed by atoms with Crippen molar-refractivity contribution in [2.75, 3.05) is 6.61 Å². The first-order chi connectivity index (χ1) is 10.6. The van der Waals surface area contributed by atoms with Crippen LogP contribution < -0.4 is 10.5 Å². The minimum absolute atomic E-state index is 0.239. The van der Waals surface area contributed by atoms with E-state index in [4.69, 9.17) is 10.5 Å². The van der Waals surface area contributed by atoms with Crippen LogP contribution in [0.25, 0.3) is 10.4 Å². The van der Waals surface area contributed by atoms with Crippen molar-refractivity contribution in [2.24, 2.45) is 11.7 Å². The van der Waals surface area contributed by atoms with Crippen molar-refractivity contribution in [3.63, 3.8) is 0 Å².